The molecular formula is C16H21N3. The fourth-order valence-corrected chi connectivity index (χ4v) is 3.02. The lowest BCUT2D eigenvalue weighted by Gasteiger charge is -2.24. The standard InChI is InChI=1S/C16H21N3/c1-16(11-17-2)9-10-19(12-16)15-8-7-13-5-3-4-6-14(13)18-15/h3-8,17H,9-12H2,1-2H3. The van der Waals surface area contributed by atoms with Crippen LogP contribution in [0.3, 0.4) is 0 Å². The highest BCUT2D eigenvalue weighted by Gasteiger charge is 2.33. The van der Waals surface area contributed by atoms with Crippen molar-refractivity contribution in [1.82, 2.24) is 10.3 Å². The van der Waals surface area contributed by atoms with Gasteiger partial charge in [-0.1, -0.05) is 25.1 Å². The predicted octanol–water partition coefficient (Wildman–Crippen LogP) is 2.67. The number of nitrogens with zero attached hydrogens (tertiary/aromatic N) is 2. The van der Waals surface area contributed by atoms with Gasteiger partial charge in [0.05, 0.1) is 5.52 Å². The molecule has 1 aromatic heterocycles. The van der Waals surface area contributed by atoms with E-state index in [0.29, 0.717) is 5.41 Å². The molecule has 0 aliphatic carbocycles. The molecule has 0 radical (unpaired) electrons. The van der Waals surface area contributed by atoms with Gasteiger partial charge < -0.3 is 10.2 Å². The van der Waals surface area contributed by atoms with Crippen molar-refractivity contribution in [3.8, 4) is 0 Å². The van der Waals surface area contributed by atoms with E-state index >= 15 is 0 Å². The molecule has 3 rings (SSSR count). The van der Waals surface area contributed by atoms with Crippen LogP contribution in [0.1, 0.15) is 13.3 Å². The predicted molar refractivity (Wildman–Crippen MR) is 80.6 cm³/mol. The van der Waals surface area contributed by atoms with Gasteiger partial charge in [0.15, 0.2) is 0 Å². The molecule has 2 heterocycles. The second-order valence-corrected chi connectivity index (χ2v) is 5.87. The van der Waals surface area contributed by atoms with Gasteiger partial charge in [0, 0.05) is 25.0 Å². The summed E-state index contributed by atoms with van der Waals surface area (Å²) in [6, 6.07) is 12.6. The van der Waals surface area contributed by atoms with Gasteiger partial charge in [0.1, 0.15) is 5.82 Å². The van der Waals surface area contributed by atoms with Crippen molar-refractivity contribution in [2.45, 2.75) is 13.3 Å². The highest BCUT2D eigenvalue weighted by atomic mass is 15.2. The summed E-state index contributed by atoms with van der Waals surface area (Å²) >= 11 is 0. The Hall–Kier alpha value is -1.61. The molecule has 1 aliphatic rings. The number of benzene rings is 1. The number of hydrogen-bond donors (Lipinski definition) is 1. The van der Waals surface area contributed by atoms with Crippen LogP contribution in [0.4, 0.5) is 5.82 Å². The summed E-state index contributed by atoms with van der Waals surface area (Å²) in [7, 11) is 2.03. The van der Waals surface area contributed by atoms with Crippen molar-refractivity contribution in [2.24, 2.45) is 5.41 Å². The first-order chi connectivity index (χ1) is 9.20. The van der Waals surface area contributed by atoms with E-state index in [-0.39, 0.29) is 0 Å². The Labute approximate surface area is 114 Å². The molecule has 3 heteroatoms. The van der Waals surface area contributed by atoms with Crippen LogP contribution < -0.4 is 10.2 Å². The molecule has 3 nitrogen and oxygen atoms in total. The first-order valence-electron chi connectivity index (χ1n) is 6.96. The van der Waals surface area contributed by atoms with Crippen molar-refractivity contribution < 1.29 is 0 Å². The van der Waals surface area contributed by atoms with E-state index in [0.717, 1.165) is 31.0 Å². The van der Waals surface area contributed by atoms with Crippen molar-refractivity contribution >= 4 is 16.7 Å². The number of anilines is 1. The number of rotatable bonds is 3. The Morgan fingerprint density at radius 2 is 2.11 bits per heavy atom. The van der Waals surface area contributed by atoms with E-state index in [1.807, 2.05) is 13.1 Å². The lowest BCUT2D eigenvalue weighted by atomic mass is 9.90. The Morgan fingerprint density at radius 1 is 1.26 bits per heavy atom. The highest BCUT2D eigenvalue weighted by Crippen LogP contribution is 2.32. The lowest BCUT2D eigenvalue weighted by molar-refractivity contribution is 0.356. The van der Waals surface area contributed by atoms with Crippen molar-refractivity contribution in [3.63, 3.8) is 0 Å². The number of nitrogens with one attached hydrogen (secondary N) is 1. The molecule has 1 saturated heterocycles. The molecule has 2 aromatic rings. The molecule has 1 aliphatic heterocycles. The van der Waals surface area contributed by atoms with Crippen LogP contribution in [-0.2, 0) is 0 Å². The molecule has 0 spiro atoms. The fourth-order valence-electron chi connectivity index (χ4n) is 3.02. The maximum absolute atomic E-state index is 4.79. The number of aromatic nitrogens is 1. The zero-order chi connectivity index (χ0) is 13.3. The third-order valence-corrected chi connectivity index (χ3v) is 4.07. The molecule has 0 amide bonds. The van der Waals surface area contributed by atoms with Gasteiger partial charge in [-0.05, 0) is 37.1 Å². The van der Waals surface area contributed by atoms with Crippen molar-refractivity contribution in [2.75, 3.05) is 31.6 Å². The van der Waals surface area contributed by atoms with Crippen LogP contribution in [0.25, 0.3) is 10.9 Å². The molecule has 19 heavy (non-hydrogen) atoms. The molecule has 1 unspecified atom stereocenters. The highest BCUT2D eigenvalue weighted by molar-refractivity contribution is 5.80. The molecule has 1 atom stereocenters. The monoisotopic (exact) mass is 255 g/mol. The van der Waals surface area contributed by atoms with E-state index in [1.54, 1.807) is 0 Å². The average Bonchev–Trinajstić information content (AvgIpc) is 2.81. The van der Waals surface area contributed by atoms with Crippen LogP contribution >= 0.6 is 0 Å². The zero-order valence-electron chi connectivity index (χ0n) is 11.7. The first kappa shape index (κ1) is 12.4. The molecule has 1 fully saturated rings. The molecular weight excluding hydrogens is 234 g/mol. The maximum Gasteiger partial charge on any atom is 0.129 e. The van der Waals surface area contributed by atoms with Crippen molar-refractivity contribution in [1.29, 1.82) is 0 Å². The van der Waals surface area contributed by atoms with Gasteiger partial charge in [-0.3, -0.25) is 0 Å². The van der Waals surface area contributed by atoms with Gasteiger partial charge in [-0.25, -0.2) is 4.98 Å². The summed E-state index contributed by atoms with van der Waals surface area (Å²) in [5.41, 5.74) is 1.45. The Morgan fingerprint density at radius 3 is 2.95 bits per heavy atom. The second kappa shape index (κ2) is 4.82. The minimum Gasteiger partial charge on any atom is -0.356 e. The van der Waals surface area contributed by atoms with E-state index in [9.17, 15) is 0 Å². The Kier molecular flexibility index (Phi) is 3.15. The SMILES string of the molecule is CNCC1(C)CCN(c2ccc3ccccc3n2)C1. The quantitative estimate of drug-likeness (QED) is 0.914. The van der Waals surface area contributed by atoms with Gasteiger partial charge in [0.2, 0.25) is 0 Å². The molecule has 0 saturated carbocycles. The summed E-state index contributed by atoms with van der Waals surface area (Å²) in [5.74, 6) is 1.11. The summed E-state index contributed by atoms with van der Waals surface area (Å²) in [6.45, 7) is 5.60. The van der Waals surface area contributed by atoms with Gasteiger partial charge in [-0.15, -0.1) is 0 Å². The third-order valence-electron chi connectivity index (χ3n) is 4.07. The number of hydrogen-bond acceptors (Lipinski definition) is 3. The maximum atomic E-state index is 4.79. The van der Waals surface area contributed by atoms with Gasteiger partial charge in [0.25, 0.3) is 0 Å². The number of fused-ring (bicyclic) bond motifs is 1. The smallest absolute Gasteiger partial charge is 0.129 e. The summed E-state index contributed by atoms with van der Waals surface area (Å²) in [5, 5.41) is 4.52. The average molecular weight is 255 g/mol. The normalized spacial score (nSPS) is 23.2. The van der Waals surface area contributed by atoms with Crippen LogP contribution in [-0.4, -0.2) is 31.7 Å². The van der Waals surface area contributed by atoms with Gasteiger partial charge in [-0.2, -0.15) is 0 Å². The van der Waals surface area contributed by atoms with E-state index in [4.69, 9.17) is 4.98 Å². The molecule has 100 valence electrons. The summed E-state index contributed by atoms with van der Waals surface area (Å²) < 4.78 is 0. The fraction of sp³-hybridized carbons (Fsp3) is 0.438. The lowest BCUT2D eigenvalue weighted by Crippen LogP contribution is -2.33. The Balaban J connectivity index is 1.85. The van der Waals surface area contributed by atoms with Gasteiger partial charge >= 0.3 is 0 Å². The second-order valence-electron chi connectivity index (χ2n) is 5.87. The van der Waals surface area contributed by atoms with Crippen LogP contribution in [0.2, 0.25) is 0 Å². The summed E-state index contributed by atoms with van der Waals surface area (Å²) in [6.07, 6.45) is 1.22. The summed E-state index contributed by atoms with van der Waals surface area (Å²) in [4.78, 5) is 7.19. The van der Waals surface area contributed by atoms with Crippen molar-refractivity contribution in [3.05, 3.63) is 36.4 Å². The molecule has 0 bridgehead atoms. The first-order valence-corrected chi connectivity index (χ1v) is 6.96. The minimum atomic E-state index is 0.363. The van der Waals surface area contributed by atoms with Crippen LogP contribution in [0, 0.1) is 5.41 Å². The van der Waals surface area contributed by atoms with E-state index in [1.165, 1.54) is 11.8 Å². The van der Waals surface area contributed by atoms with E-state index in [2.05, 4.69) is 47.5 Å². The number of pyridine rings is 1. The topological polar surface area (TPSA) is 28.2 Å². The van der Waals surface area contributed by atoms with E-state index < -0.39 is 0 Å². The number of para-hydroxylation sites is 1. The zero-order valence-corrected chi connectivity index (χ0v) is 11.7. The van der Waals surface area contributed by atoms with Crippen LogP contribution in [0.5, 0.6) is 0 Å². The largest absolute Gasteiger partial charge is 0.356 e. The molecule has 1 N–H and O–H groups in total. The van der Waals surface area contributed by atoms with Crippen LogP contribution in [0.15, 0.2) is 36.4 Å². The molecule has 1 aromatic carbocycles. The third kappa shape index (κ3) is 2.43. The Bertz CT molecular complexity index is 581. The minimum absolute atomic E-state index is 0.363.